The molecule has 2 atom stereocenters. The number of nitrogens with one attached hydrogen (secondary N) is 1. The zero-order valence-electron chi connectivity index (χ0n) is 9.24. The summed E-state index contributed by atoms with van der Waals surface area (Å²) in [5, 5.41) is 11.6. The summed E-state index contributed by atoms with van der Waals surface area (Å²) in [6.45, 7) is -0.650. The van der Waals surface area contributed by atoms with Gasteiger partial charge in [-0.05, 0) is 11.6 Å². The van der Waals surface area contributed by atoms with Crippen molar-refractivity contribution in [2.75, 3.05) is 13.1 Å². The number of hydrogen-bond donors (Lipinski definition) is 2. The van der Waals surface area contributed by atoms with E-state index in [2.05, 4.69) is 10.3 Å². The van der Waals surface area contributed by atoms with Gasteiger partial charge in [-0.25, -0.2) is 0 Å². The quantitative estimate of drug-likeness (QED) is 0.843. The molecular weight excluding hydrogens is 249 g/mol. The summed E-state index contributed by atoms with van der Waals surface area (Å²) in [7, 11) is 0. The minimum absolute atomic E-state index is 0.0303. The zero-order valence-corrected chi connectivity index (χ0v) is 9.24. The number of hydrogen-bond acceptors (Lipinski definition) is 3. The fourth-order valence-corrected chi connectivity index (χ4v) is 2.34. The van der Waals surface area contributed by atoms with E-state index in [4.69, 9.17) is 5.11 Å². The summed E-state index contributed by atoms with van der Waals surface area (Å²) < 4.78 is 39.5. The van der Waals surface area contributed by atoms with Gasteiger partial charge >= 0.3 is 12.1 Å². The van der Waals surface area contributed by atoms with E-state index in [-0.39, 0.29) is 12.1 Å². The summed E-state index contributed by atoms with van der Waals surface area (Å²) in [6, 6.07) is 2.96. The number of halogens is 3. The van der Waals surface area contributed by atoms with E-state index in [0.29, 0.717) is 0 Å². The first-order valence-corrected chi connectivity index (χ1v) is 5.30. The lowest BCUT2D eigenvalue weighted by Gasteiger charge is -2.32. The summed E-state index contributed by atoms with van der Waals surface area (Å²) in [4.78, 5) is 14.9. The average Bonchev–Trinajstić information content (AvgIpc) is 2.75. The predicted molar refractivity (Wildman–Crippen MR) is 56.0 cm³/mol. The van der Waals surface area contributed by atoms with Gasteiger partial charge in [-0.3, -0.25) is 9.78 Å². The molecule has 0 aliphatic carbocycles. The van der Waals surface area contributed by atoms with Crippen molar-refractivity contribution in [3.8, 4) is 0 Å². The molecule has 0 amide bonds. The molecule has 1 saturated heterocycles. The van der Waals surface area contributed by atoms with E-state index in [9.17, 15) is 18.0 Å². The topological polar surface area (TPSA) is 62.2 Å². The Balaban J connectivity index is 2.50. The highest BCUT2D eigenvalue weighted by molar-refractivity contribution is 5.78. The fourth-order valence-electron chi connectivity index (χ4n) is 2.34. The molecule has 1 aliphatic heterocycles. The fraction of sp³-hybridized carbons (Fsp3) is 0.455. The summed E-state index contributed by atoms with van der Waals surface area (Å²) in [5.74, 6) is -3.02. The Morgan fingerprint density at radius 2 is 2.28 bits per heavy atom. The number of alkyl halides is 3. The molecule has 1 aromatic rings. The molecule has 0 aromatic carbocycles. The summed E-state index contributed by atoms with van der Waals surface area (Å²) >= 11 is 0. The van der Waals surface area contributed by atoms with E-state index < -0.39 is 30.0 Å². The van der Waals surface area contributed by atoms with Crippen LogP contribution in [0.5, 0.6) is 0 Å². The number of rotatable bonds is 2. The van der Waals surface area contributed by atoms with Crippen molar-refractivity contribution in [3.63, 3.8) is 0 Å². The minimum Gasteiger partial charge on any atom is -0.481 e. The van der Waals surface area contributed by atoms with Crippen LogP contribution in [0.15, 0.2) is 24.5 Å². The smallest absolute Gasteiger partial charge is 0.406 e. The second-order valence-corrected chi connectivity index (χ2v) is 4.24. The number of carboxylic acids is 1. The van der Waals surface area contributed by atoms with Crippen molar-refractivity contribution < 1.29 is 23.1 Å². The molecule has 1 fully saturated rings. The third kappa shape index (κ3) is 1.74. The first-order chi connectivity index (χ1) is 8.39. The van der Waals surface area contributed by atoms with Crippen LogP contribution in [-0.2, 0) is 4.79 Å². The molecule has 0 radical (unpaired) electrons. The van der Waals surface area contributed by atoms with Gasteiger partial charge < -0.3 is 10.4 Å². The van der Waals surface area contributed by atoms with E-state index in [1.54, 1.807) is 0 Å². The van der Waals surface area contributed by atoms with Crippen molar-refractivity contribution >= 4 is 5.97 Å². The largest absolute Gasteiger partial charge is 0.481 e. The zero-order chi connectivity index (χ0) is 13.4. The van der Waals surface area contributed by atoms with Gasteiger partial charge in [0.25, 0.3) is 0 Å². The van der Waals surface area contributed by atoms with Gasteiger partial charge in [-0.15, -0.1) is 0 Å². The lowest BCUT2D eigenvalue weighted by Crippen LogP contribution is -2.50. The molecule has 2 heterocycles. The van der Waals surface area contributed by atoms with E-state index in [1.807, 2.05) is 0 Å². The highest BCUT2D eigenvalue weighted by atomic mass is 19.4. The van der Waals surface area contributed by atoms with Gasteiger partial charge in [0.15, 0.2) is 5.41 Å². The van der Waals surface area contributed by atoms with Crippen molar-refractivity contribution in [1.82, 2.24) is 10.3 Å². The molecular formula is C11H11F3N2O2. The maximum atomic E-state index is 13.2. The Kier molecular flexibility index (Phi) is 3.02. The van der Waals surface area contributed by atoms with Gasteiger partial charge in [-0.2, -0.15) is 13.2 Å². The minimum atomic E-state index is -4.82. The van der Waals surface area contributed by atoms with Gasteiger partial charge in [0.1, 0.15) is 0 Å². The standard InChI is InChI=1S/C11H11F3N2O2/c12-11(13,14)10(9(17)18)6-16-5-8(10)7-2-1-3-15-4-7/h1-4,8,16H,5-6H2,(H,17,18)/t8-,10-/m0/s1. The van der Waals surface area contributed by atoms with Crippen molar-refractivity contribution in [1.29, 1.82) is 0 Å². The maximum Gasteiger partial charge on any atom is 0.406 e. The number of nitrogens with zero attached hydrogens (tertiary/aromatic N) is 1. The lowest BCUT2D eigenvalue weighted by atomic mass is 9.74. The molecule has 2 N–H and O–H groups in total. The molecule has 18 heavy (non-hydrogen) atoms. The van der Waals surface area contributed by atoms with E-state index in [1.165, 1.54) is 24.5 Å². The highest BCUT2D eigenvalue weighted by Crippen LogP contribution is 2.50. The Labute approximate surface area is 101 Å². The van der Waals surface area contributed by atoms with Gasteiger partial charge in [0.2, 0.25) is 0 Å². The van der Waals surface area contributed by atoms with Crippen LogP contribution >= 0.6 is 0 Å². The molecule has 1 aromatic heterocycles. The molecule has 98 valence electrons. The van der Waals surface area contributed by atoms with Crippen LogP contribution in [0, 0.1) is 5.41 Å². The van der Waals surface area contributed by atoms with Crippen LogP contribution in [0.2, 0.25) is 0 Å². The number of carboxylic acid groups (broad SMARTS) is 1. The van der Waals surface area contributed by atoms with Crippen LogP contribution < -0.4 is 5.32 Å². The SMILES string of the molecule is O=C(O)[C@]1(C(F)(F)F)CNC[C@H]1c1cccnc1. The summed E-state index contributed by atoms with van der Waals surface area (Å²) in [6.07, 6.45) is -2.11. The third-order valence-corrected chi connectivity index (χ3v) is 3.32. The second-order valence-electron chi connectivity index (χ2n) is 4.24. The van der Waals surface area contributed by atoms with Crippen LogP contribution in [0.3, 0.4) is 0 Å². The van der Waals surface area contributed by atoms with Gasteiger partial charge in [0, 0.05) is 31.4 Å². The third-order valence-electron chi connectivity index (χ3n) is 3.32. The van der Waals surface area contributed by atoms with Gasteiger partial charge in [-0.1, -0.05) is 6.07 Å². The molecule has 0 bridgehead atoms. The molecule has 0 saturated carbocycles. The Morgan fingerprint density at radius 3 is 2.78 bits per heavy atom. The highest BCUT2D eigenvalue weighted by Gasteiger charge is 2.67. The normalized spacial score (nSPS) is 28.3. The van der Waals surface area contributed by atoms with E-state index in [0.717, 1.165) is 0 Å². The number of carbonyl (C=O) groups is 1. The maximum absolute atomic E-state index is 13.2. The predicted octanol–water partition coefficient (Wildman–Crippen LogP) is 1.40. The molecule has 0 unspecified atom stereocenters. The van der Waals surface area contributed by atoms with Gasteiger partial charge in [0.05, 0.1) is 0 Å². The Morgan fingerprint density at radius 1 is 1.56 bits per heavy atom. The molecule has 2 rings (SSSR count). The molecule has 4 nitrogen and oxygen atoms in total. The van der Waals surface area contributed by atoms with E-state index >= 15 is 0 Å². The first kappa shape index (κ1) is 12.8. The summed E-state index contributed by atoms with van der Waals surface area (Å²) in [5.41, 5.74) is -2.50. The number of pyridine rings is 1. The first-order valence-electron chi connectivity index (χ1n) is 5.30. The monoisotopic (exact) mass is 260 g/mol. The van der Waals surface area contributed by atoms with Crippen LogP contribution in [0.1, 0.15) is 11.5 Å². The van der Waals surface area contributed by atoms with Crippen LogP contribution in [0.4, 0.5) is 13.2 Å². The van der Waals surface area contributed by atoms with Crippen molar-refractivity contribution in [2.24, 2.45) is 5.41 Å². The van der Waals surface area contributed by atoms with Crippen molar-refractivity contribution in [3.05, 3.63) is 30.1 Å². The Bertz CT molecular complexity index is 449. The Hall–Kier alpha value is -1.63. The van der Waals surface area contributed by atoms with Crippen LogP contribution in [-0.4, -0.2) is 35.3 Å². The molecule has 1 aliphatic rings. The average molecular weight is 260 g/mol. The molecule has 7 heteroatoms. The molecule has 0 spiro atoms. The second kappa shape index (κ2) is 4.24. The van der Waals surface area contributed by atoms with Crippen LogP contribution in [0.25, 0.3) is 0 Å². The number of aliphatic carboxylic acids is 1. The van der Waals surface area contributed by atoms with Crippen molar-refractivity contribution in [2.45, 2.75) is 12.1 Å². The number of aromatic nitrogens is 1. The lowest BCUT2D eigenvalue weighted by molar-refractivity contribution is -0.229.